The van der Waals surface area contributed by atoms with Crippen LogP contribution < -0.4 is 0 Å². The Morgan fingerprint density at radius 3 is 2.72 bits per heavy atom. The molecule has 0 saturated heterocycles. The molecule has 0 fully saturated rings. The zero-order valence-corrected chi connectivity index (χ0v) is 17.6. The van der Waals surface area contributed by atoms with E-state index in [1.54, 1.807) is 11.3 Å². The molecular formula is C24H22N2OS2. The van der Waals surface area contributed by atoms with E-state index in [4.69, 9.17) is 0 Å². The molecule has 3 nitrogen and oxygen atoms in total. The number of thiophene rings is 2. The highest BCUT2D eigenvalue weighted by atomic mass is 32.1. The number of hydrogen-bond donors (Lipinski definition) is 1. The minimum absolute atomic E-state index is 0.0704. The second-order valence-electron chi connectivity index (χ2n) is 7.32. The summed E-state index contributed by atoms with van der Waals surface area (Å²) in [5.74, 6) is 0.233. The number of nitrogens with zero attached hydrogens (tertiary/aromatic N) is 1. The maximum Gasteiger partial charge on any atom is 0.223 e. The number of carbonyl (C=O) groups excluding carboxylic acids is 1. The maximum atomic E-state index is 13.2. The van der Waals surface area contributed by atoms with Gasteiger partial charge < -0.3 is 9.88 Å². The lowest BCUT2D eigenvalue weighted by atomic mass is 9.98. The standard InChI is InChI=1S/C24H22N2OS2/c27-23(11-9-18-8-10-20(25-18)17-5-2-1-3-6-17)26-14-12-21-19(13-16-29-21)24(26)22-7-4-15-28-22/h1-8,10,13,15-16,24-25H,9,11-12,14H2. The molecule has 0 radical (unpaired) electrons. The molecule has 146 valence electrons. The van der Waals surface area contributed by atoms with Crippen molar-refractivity contribution >= 4 is 28.6 Å². The van der Waals surface area contributed by atoms with E-state index in [1.165, 1.54) is 20.9 Å². The van der Waals surface area contributed by atoms with Gasteiger partial charge in [0.2, 0.25) is 5.91 Å². The smallest absolute Gasteiger partial charge is 0.223 e. The van der Waals surface area contributed by atoms with Gasteiger partial charge in [0.25, 0.3) is 0 Å². The molecule has 5 rings (SSSR count). The summed E-state index contributed by atoms with van der Waals surface area (Å²) in [6, 6.07) is 21.0. The van der Waals surface area contributed by atoms with E-state index in [0.29, 0.717) is 6.42 Å². The van der Waals surface area contributed by atoms with Gasteiger partial charge in [-0.3, -0.25) is 4.79 Å². The van der Waals surface area contributed by atoms with E-state index in [9.17, 15) is 4.79 Å². The topological polar surface area (TPSA) is 36.1 Å². The molecule has 29 heavy (non-hydrogen) atoms. The van der Waals surface area contributed by atoms with Gasteiger partial charge in [-0.15, -0.1) is 22.7 Å². The summed E-state index contributed by atoms with van der Waals surface area (Å²) in [5.41, 5.74) is 4.69. The zero-order valence-electron chi connectivity index (χ0n) is 16.0. The van der Waals surface area contributed by atoms with Crippen LogP contribution in [0.4, 0.5) is 0 Å². The summed E-state index contributed by atoms with van der Waals surface area (Å²) in [4.78, 5) is 21.4. The van der Waals surface area contributed by atoms with Crippen LogP contribution in [0.15, 0.2) is 71.4 Å². The van der Waals surface area contributed by atoms with Crippen LogP contribution >= 0.6 is 22.7 Å². The lowest BCUT2D eigenvalue weighted by molar-refractivity contribution is -0.133. The van der Waals surface area contributed by atoms with Gasteiger partial charge in [0, 0.05) is 34.1 Å². The Balaban J connectivity index is 1.31. The van der Waals surface area contributed by atoms with Crippen molar-refractivity contribution in [2.75, 3.05) is 6.54 Å². The largest absolute Gasteiger partial charge is 0.358 e. The Bertz CT molecular complexity index is 1100. The van der Waals surface area contributed by atoms with Crippen molar-refractivity contribution in [1.29, 1.82) is 0 Å². The lowest BCUT2D eigenvalue weighted by Gasteiger charge is -2.35. The van der Waals surface area contributed by atoms with Crippen molar-refractivity contribution in [2.45, 2.75) is 25.3 Å². The summed E-state index contributed by atoms with van der Waals surface area (Å²) < 4.78 is 0. The number of aryl methyl sites for hydroxylation is 1. The number of H-pyrrole nitrogens is 1. The first-order valence-electron chi connectivity index (χ1n) is 9.92. The Labute approximate surface area is 178 Å². The number of aromatic nitrogens is 1. The van der Waals surface area contributed by atoms with E-state index >= 15 is 0 Å². The molecule has 0 aliphatic carbocycles. The fraction of sp³-hybridized carbons (Fsp3) is 0.208. The van der Waals surface area contributed by atoms with Crippen LogP contribution in [0.3, 0.4) is 0 Å². The van der Waals surface area contributed by atoms with Crippen molar-refractivity contribution < 1.29 is 4.79 Å². The van der Waals surface area contributed by atoms with Crippen molar-refractivity contribution in [3.05, 3.63) is 92.4 Å². The van der Waals surface area contributed by atoms with Gasteiger partial charge >= 0.3 is 0 Å². The number of carbonyl (C=O) groups is 1. The molecule has 5 heteroatoms. The molecular weight excluding hydrogens is 396 g/mol. The number of rotatable bonds is 5. The average Bonchev–Trinajstić information content (AvgIpc) is 3.53. The lowest BCUT2D eigenvalue weighted by Crippen LogP contribution is -2.39. The SMILES string of the molecule is O=C(CCc1ccc(-c2ccccc2)[nH]1)N1CCc2sccc2C1c1cccs1. The fourth-order valence-corrected chi connectivity index (χ4v) is 5.85. The van der Waals surface area contributed by atoms with Gasteiger partial charge in [0.15, 0.2) is 0 Å². The second kappa shape index (κ2) is 8.01. The number of benzene rings is 1. The molecule has 1 N–H and O–H groups in total. The van der Waals surface area contributed by atoms with Gasteiger partial charge in [0.05, 0.1) is 6.04 Å². The quantitative estimate of drug-likeness (QED) is 0.430. The minimum Gasteiger partial charge on any atom is -0.358 e. The van der Waals surface area contributed by atoms with E-state index in [-0.39, 0.29) is 11.9 Å². The molecule has 1 aliphatic heterocycles. The third kappa shape index (κ3) is 3.68. The van der Waals surface area contributed by atoms with Gasteiger partial charge in [-0.25, -0.2) is 0 Å². The van der Waals surface area contributed by atoms with Crippen molar-refractivity contribution in [2.24, 2.45) is 0 Å². The Kier molecular flexibility index (Phi) is 5.08. The first-order valence-corrected chi connectivity index (χ1v) is 11.7. The van der Waals surface area contributed by atoms with Gasteiger partial charge in [-0.1, -0.05) is 36.4 Å². The molecule has 0 spiro atoms. The van der Waals surface area contributed by atoms with Crippen molar-refractivity contribution in [1.82, 2.24) is 9.88 Å². The van der Waals surface area contributed by atoms with E-state index < -0.39 is 0 Å². The van der Waals surface area contributed by atoms with Gasteiger partial charge in [-0.2, -0.15) is 0 Å². The van der Waals surface area contributed by atoms with Crippen LogP contribution in [0.25, 0.3) is 11.3 Å². The molecule has 1 amide bonds. The third-order valence-corrected chi connectivity index (χ3v) is 7.46. The molecule has 0 bridgehead atoms. The molecule has 1 unspecified atom stereocenters. The first-order chi connectivity index (χ1) is 14.3. The third-order valence-electron chi connectivity index (χ3n) is 5.54. The van der Waals surface area contributed by atoms with Crippen molar-refractivity contribution in [3.63, 3.8) is 0 Å². The summed E-state index contributed by atoms with van der Waals surface area (Å²) in [6.45, 7) is 0.801. The molecule has 3 aromatic heterocycles. The molecule has 4 aromatic rings. The Morgan fingerprint density at radius 1 is 1.00 bits per heavy atom. The highest BCUT2D eigenvalue weighted by Gasteiger charge is 2.33. The second-order valence-corrected chi connectivity index (χ2v) is 9.30. The van der Waals surface area contributed by atoms with E-state index in [2.05, 4.69) is 63.1 Å². The number of amides is 1. The molecule has 1 atom stereocenters. The van der Waals surface area contributed by atoms with Crippen LogP contribution in [0.1, 0.15) is 33.5 Å². The van der Waals surface area contributed by atoms with Crippen LogP contribution in [-0.4, -0.2) is 22.3 Å². The first kappa shape index (κ1) is 18.4. The number of aromatic amines is 1. The van der Waals surface area contributed by atoms with Crippen LogP contribution in [0, 0.1) is 0 Å². The number of fused-ring (bicyclic) bond motifs is 1. The molecule has 0 saturated carbocycles. The van der Waals surface area contributed by atoms with E-state index in [1.807, 2.05) is 29.5 Å². The van der Waals surface area contributed by atoms with Gasteiger partial charge in [0.1, 0.15) is 0 Å². The Hall–Kier alpha value is -2.63. The predicted molar refractivity (Wildman–Crippen MR) is 120 cm³/mol. The normalized spacial score (nSPS) is 16.0. The molecule has 4 heterocycles. The maximum absolute atomic E-state index is 13.2. The highest BCUT2D eigenvalue weighted by molar-refractivity contribution is 7.10. The van der Waals surface area contributed by atoms with Crippen molar-refractivity contribution in [3.8, 4) is 11.3 Å². The Morgan fingerprint density at radius 2 is 1.90 bits per heavy atom. The highest BCUT2D eigenvalue weighted by Crippen LogP contribution is 2.39. The van der Waals surface area contributed by atoms with Gasteiger partial charge in [-0.05, 0) is 59.0 Å². The average molecular weight is 419 g/mol. The summed E-state index contributed by atoms with van der Waals surface area (Å²) >= 11 is 3.55. The molecule has 1 aromatic carbocycles. The zero-order chi connectivity index (χ0) is 19.6. The summed E-state index contributed by atoms with van der Waals surface area (Å²) in [5, 5.41) is 4.26. The van der Waals surface area contributed by atoms with Crippen LogP contribution in [-0.2, 0) is 17.6 Å². The number of nitrogens with one attached hydrogen (secondary N) is 1. The minimum atomic E-state index is 0.0704. The van der Waals surface area contributed by atoms with E-state index in [0.717, 1.165) is 30.8 Å². The predicted octanol–water partition coefficient (Wildman–Crippen LogP) is 5.91. The fourth-order valence-electron chi connectivity index (χ4n) is 4.10. The van der Waals surface area contributed by atoms with Crippen LogP contribution in [0.5, 0.6) is 0 Å². The summed E-state index contributed by atoms with van der Waals surface area (Å²) in [7, 11) is 0. The van der Waals surface area contributed by atoms with Crippen LogP contribution in [0.2, 0.25) is 0 Å². The molecule has 1 aliphatic rings. The summed E-state index contributed by atoms with van der Waals surface area (Å²) in [6.07, 6.45) is 2.22. The number of hydrogen-bond acceptors (Lipinski definition) is 3. The monoisotopic (exact) mass is 418 g/mol.